The number of aromatic amines is 1. The molecule has 1 aliphatic heterocycles. The molecule has 0 spiro atoms. The summed E-state index contributed by atoms with van der Waals surface area (Å²) in [5.41, 5.74) is 2.09. The molecule has 0 radical (unpaired) electrons. The first-order chi connectivity index (χ1) is 10.8. The number of nitrogens with one attached hydrogen (secondary N) is 1. The number of H-pyrrole nitrogens is 1. The zero-order valence-electron chi connectivity index (χ0n) is 12.0. The minimum atomic E-state index is -2.64. The molecule has 2 aromatic rings. The number of nitrogen functional groups attached to an aromatic ring is 1. The van der Waals surface area contributed by atoms with Gasteiger partial charge < -0.3 is 20.7 Å². The van der Waals surface area contributed by atoms with Crippen molar-refractivity contribution in [2.24, 2.45) is 0 Å². The van der Waals surface area contributed by atoms with Crippen LogP contribution in [-0.2, 0) is 4.74 Å². The molecule has 10 heteroatoms. The van der Waals surface area contributed by atoms with Crippen LogP contribution in [0, 0.1) is 12.3 Å². The number of anilines is 1. The molecule has 0 bridgehead atoms. The van der Waals surface area contributed by atoms with Crippen LogP contribution in [0.2, 0.25) is 0 Å². The monoisotopic (exact) mass is 323 g/mol. The van der Waals surface area contributed by atoms with E-state index in [1.165, 1.54) is 6.92 Å². The van der Waals surface area contributed by atoms with Gasteiger partial charge in [-0.05, 0) is 6.92 Å². The van der Waals surface area contributed by atoms with Gasteiger partial charge in [-0.3, -0.25) is 14.3 Å². The quantitative estimate of drug-likeness (QED) is 0.503. The summed E-state index contributed by atoms with van der Waals surface area (Å²) in [6.07, 6.45) is 0.619. The fourth-order valence-corrected chi connectivity index (χ4v) is 2.62. The molecule has 23 heavy (non-hydrogen) atoms. The normalized spacial score (nSPS) is 32.0. The lowest BCUT2D eigenvalue weighted by Crippen LogP contribution is -2.43. The van der Waals surface area contributed by atoms with Crippen molar-refractivity contribution in [1.82, 2.24) is 19.5 Å². The van der Waals surface area contributed by atoms with E-state index in [1.807, 2.05) is 5.92 Å². The lowest BCUT2D eigenvalue weighted by Gasteiger charge is -2.23. The molecule has 1 fully saturated rings. The van der Waals surface area contributed by atoms with Gasteiger partial charge in [-0.15, -0.1) is 6.42 Å². The van der Waals surface area contributed by atoms with E-state index in [-0.39, 0.29) is 17.1 Å². The number of aromatic nitrogens is 4. The highest BCUT2D eigenvalue weighted by atomic mass is 19.1. The lowest BCUT2D eigenvalue weighted by atomic mass is 9.95. The predicted molar refractivity (Wildman–Crippen MR) is 76.8 cm³/mol. The Morgan fingerprint density at radius 1 is 1.70 bits per heavy atom. The Hall–Kier alpha value is -2.48. The number of hydrogen-bond acceptors (Lipinski definition) is 7. The maximum absolute atomic E-state index is 15.1. The highest BCUT2D eigenvalue weighted by Crippen LogP contribution is 2.43. The Morgan fingerprint density at radius 3 is 3.00 bits per heavy atom. The van der Waals surface area contributed by atoms with Crippen molar-refractivity contribution in [3.8, 4) is 12.3 Å². The molecular weight excluding hydrogens is 309 g/mol. The van der Waals surface area contributed by atoms with Gasteiger partial charge in [0.25, 0.3) is 5.56 Å². The first-order valence-electron chi connectivity index (χ1n) is 6.70. The van der Waals surface area contributed by atoms with Gasteiger partial charge in [0.2, 0.25) is 11.6 Å². The molecule has 0 saturated carbocycles. The van der Waals surface area contributed by atoms with Gasteiger partial charge in [0, 0.05) is 0 Å². The van der Waals surface area contributed by atoms with E-state index in [4.69, 9.17) is 16.9 Å². The molecule has 2 aromatic heterocycles. The standard InChI is InChI=1S/C13H14FN5O4/c1-3-13(14)8(21)7(5(2)20)23-11(13)19-4-16-6-9(19)17-12(15)18-10(6)22/h1,4-5,7-8,11,20-21H,2H3,(H3,15,17,18,22)/t5-,7-,8?,11-,13?/m1/s1. The summed E-state index contributed by atoms with van der Waals surface area (Å²) >= 11 is 0. The van der Waals surface area contributed by atoms with Crippen LogP contribution < -0.4 is 11.3 Å². The minimum Gasteiger partial charge on any atom is -0.391 e. The Bertz CT molecular complexity index is 856. The summed E-state index contributed by atoms with van der Waals surface area (Å²) in [4.78, 5) is 21.8. The number of ether oxygens (including phenoxy) is 1. The molecule has 122 valence electrons. The van der Waals surface area contributed by atoms with Crippen molar-refractivity contribution in [1.29, 1.82) is 0 Å². The molecule has 3 heterocycles. The van der Waals surface area contributed by atoms with Gasteiger partial charge in [-0.1, -0.05) is 5.92 Å². The number of alkyl halides is 1. The van der Waals surface area contributed by atoms with Crippen LogP contribution in [-0.4, -0.2) is 53.7 Å². The van der Waals surface area contributed by atoms with Crippen LogP contribution in [0.25, 0.3) is 11.2 Å². The maximum atomic E-state index is 15.1. The number of aliphatic hydroxyl groups is 2. The summed E-state index contributed by atoms with van der Waals surface area (Å²) in [6.45, 7) is 1.33. The second-order valence-corrected chi connectivity index (χ2v) is 5.33. The van der Waals surface area contributed by atoms with Crippen LogP contribution in [0.1, 0.15) is 13.2 Å². The number of rotatable bonds is 2. The van der Waals surface area contributed by atoms with Crippen molar-refractivity contribution in [3.63, 3.8) is 0 Å². The van der Waals surface area contributed by atoms with E-state index in [9.17, 15) is 15.0 Å². The molecule has 3 rings (SSSR count). The Morgan fingerprint density at radius 2 is 2.39 bits per heavy atom. The Labute approximate surface area is 128 Å². The van der Waals surface area contributed by atoms with E-state index in [0.717, 1.165) is 10.9 Å². The van der Waals surface area contributed by atoms with Crippen LogP contribution in [0.5, 0.6) is 0 Å². The van der Waals surface area contributed by atoms with Gasteiger partial charge in [0.05, 0.1) is 12.4 Å². The maximum Gasteiger partial charge on any atom is 0.280 e. The first kappa shape index (κ1) is 15.4. The number of fused-ring (bicyclic) bond motifs is 1. The third kappa shape index (κ3) is 2.09. The minimum absolute atomic E-state index is 0.0491. The van der Waals surface area contributed by atoms with Crippen LogP contribution in [0.15, 0.2) is 11.1 Å². The summed E-state index contributed by atoms with van der Waals surface area (Å²) in [5.74, 6) is 1.67. The van der Waals surface area contributed by atoms with Gasteiger partial charge in [-0.2, -0.15) is 4.98 Å². The number of hydrogen-bond donors (Lipinski definition) is 4. The number of halogens is 1. The molecule has 1 aliphatic rings. The van der Waals surface area contributed by atoms with E-state index >= 15 is 4.39 Å². The zero-order chi connectivity index (χ0) is 16.9. The highest BCUT2D eigenvalue weighted by molar-refractivity contribution is 5.70. The summed E-state index contributed by atoms with van der Waals surface area (Å²) in [6, 6.07) is 0. The largest absolute Gasteiger partial charge is 0.391 e. The molecule has 5 atom stereocenters. The van der Waals surface area contributed by atoms with E-state index in [0.29, 0.717) is 0 Å². The fraction of sp³-hybridized carbons (Fsp3) is 0.462. The molecule has 0 aliphatic carbocycles. The number of terminal acetylenes is 1. The average Bonchev–Trinajstić information content (AvgIpc) is 3.00. The van der Waals surface area contributed by atoms with Crippen LogP contribution >= 0.6 is 0 Å². The fourth-order valence-electron chi connectivity index (χ4n) is 2.62. The average molecular weight is 323 g/mol. The lowest BCUT2D eigenvalue weighted by molar-refractivity contribution is -0.0776. The molecule has 5 N–H and O–H groups in total. The molecule has 9 nitrogen and oxygen atoms in total. The van der Waals surface area contributed by atoms with Crippen molar-refractivity contribution in [2.45, 2.75) is 37.1 Å². The summed E-state index contributed by atoms with van der Waals surface area (Å²) in [7, 11) is 0. The van der Waals surface area contributed by atoms with Crippen molar-refractivity contribution in [3.05, 3.63) is 16.7 Å². The van der Waals surface area contributed by atoms with E-state index in [2.05, 4.69) is 15.0 Å². The number of imidazole rings is 1. The molecule has 0 amide bonds. The number of nitrogens with zero attached hydrogens (tertiary/aromatic N) is 3. The van der Waals surface area contributed by atoms with E-state index < -0.39 is 35.8 Å². The second-order valence-electron chi connectivity index (χ2n) is 5.33. The van der Waals surface area contributed by atoms with Gasteiger partial charge >= 0.3 is 0 Å². The topological polar surface area (TPSA) is 139 Å². The highest BCUT2D eigenvalue weighted by Gasteiger charge is 2.59. The second kappa shape index (κ2) is 5.02. The first-order valence-corrected chi connectivity index (χ1v) is 6.70. The summed E-state index contributed by atoms with van der Waals surface area (Å²) < 4.78 is 21.5. The van der Waals surface area contributed by atoms with Crippen molar-refractivity contribution < 1.29 is 19.3 Å². The van der Waals surface area contributed by atoms with Crippen LogP contribution in [0.4, 0.5) is 10.3 Å². The van der Waals surface area contributed by atoms with Crippen molar-refractivity contribution in [2.75, 3.05) is 5.73 Å². The Kier molecular flexibility index (Phi) is 3.36. The molecular formula is C13H14FN5O4. The molecule has 1 saturated heterocycles. The smallest absolute Gasteiger partial charge is 0.280 e. The summed E-state index contributed by atoms with van der Waals surface area (Å²) in [5, 5.41) is 19.7. The third-order valence-corrected chi connectivity index (χ3v) is 3.79. The third-order valence-electron chi connectivity index (χ3n) is 3.79. The van der Waals surface area contributed by atoms with Gasteiger partial charge in [0.15, 0.2) is 17.4 Å². The molecule has 2 unspecified atom stereocenters. The van der Waals surface area contributed by atoms with Crippen LogP contribution in [0.3, 0.4) is 0 Å². The van der Waals surface area contributed by atoms with E-state index in [1.54, 1.807) is 0 Å². The molecule has 0 aromatic carbocycles. The predicted octanol–water partition coefficient (Wildman–Crippen LogP) is -1.32. The van der Waals surface area contributed by atoms with Gasteiger partial charge in [-0.25, -0.2) is 9.37 Å². The van der Waals surface area contributed by atoms with Gasteiger partial charge in [0.1, 0.15) is 12.2 Å². The number of aliphatic hydroxyl groups excluding tert-OH is 2. The number of nitrogens with two attached hydrogens (primary N) is 1. The van der Waals surface area contributed by atoms with Crippen molar-refractivity contribution >= 4 is 17.1 Å². The SMILES string of the molecule is C#CC1(F)C(O)[C@@H]([C@@H](C)O)O[C@H]1n1cnc2c(=O)[nH]c(N)nc21. The Balaban J connectivity index is 2.18. The zero-order valence-corrected chi connectivity index (χ0v) is 12.0.